The van der Waals surface area contributed by atoms with Crippen molar-refractivity contribution >= 4 is 35.0 Å². The van der Waals surface area contributed by atoms with Crippen LogP contribution in [-0.4, -0.2) is 28.8 Å². The van der Waals surface area contributed by atoms with Gasteiger partial charge in [-0.3, -0.25) is 9.59 Å². The number of nitrogens with one attached hydrogen (secondary N) is 2. The summed E-state index contributed by atoms with van der Waals surface area (Å²) in [5.41, 5.74) is 4.66. The Balaban J connectivity index is 1.32. The van der Waals surface area contributed by atoms with Crippen LogP contribution >= 0.6 is 11.8 Å². The molecule has 0 unspecified atom stereocenters. The van der Waals surface area contributed by atoms with Gasteiger partial charge >= 0.3 is 0 Å². The van der Waals surface area contributed by atoms with Crippen molar-refractivity contribution in [2.75, 3.05) is 16.4 Å². The molecule has 0 saturated carbocycles. The van der Waals surface area contributed by atoms with Gasteiger partial charge in [-0.15, -0.1) is 11.8 Å². The first-order valence-corrected chi connectivity index (χ1v) is 14.4. The number of carbonyl (C=O) groups excluding carboxylic acids is 2. The van der Waals surface area contributed by atoms with Crippen LogP contribution in [0.25, 0.3) is 0 Å². The number of hydrogen-bond donors (Lipinski definition) is 3. The summed E-state index contributed by atoms with van der Waals surface area (Å²) in [5.74, 6) is 0.414. The molecule has 1 aliphatic rings. The van der Waals surface area contributed by atoms with Gasteiger partial charge in [-0.25, -0.2) is 0 Å². The molecule has 1 heterocycles. The van der Waals surface area contributed by atoms with Crippen LogP contribution in [-0.2, 0) is 20.9 Å². The number of rotatable bonds is 9. The highest BCUT2D eigenvalue weighted by Gasteiger charge is 2.32. The molecule has 3 atom stereocenters. The van der Waals surface area contributed by atoms with Crippen LogP contribution in [0, 0.1) is 0 Å². The summed E-state index contributed by atoms with van der Waals surface area (Å²) in [7, 11) is 0. The van der Waals surface area contributed by atoms with E-state index in [4.69, 9.17) is 9.47 Å². The average molecular weight is 569 g/mol. The monoisotopic (exact) mass is 568 g/mol. The highest BCUT2D eigenvalue weighted by Crippen LogP contribution is 2.40. The van der Waals surface area contributed by atoms with E-state index in [2.05, 4.69) is 10.6 Å². The number of ether oxygens (including phenoxy) is 2. The van der Waals surface area contributed by atoms with Gasteiger partial charge < -0.3 is 25.2 Å². The number of aliphatic hydroxyl groups is 1. The number of anilines is 2. The van der Waals surface area contributed by atoms with Crippen molar-refractivity contribution in [2.24, 2.45) is 0 Å². The summed E-state index contributed by atoms with van der Waals surface area (Å²) in [6.07, 6.45) is -0.292. The molecule has 0 radical (unpaired) electrons. The summed E-state index contributed by atoms with van der Waals surface area (Å²) in [6, 6.07) is 32.1. The number of hydrogen-bond acceptors (Lipinski definition) is 6. The smallest absolute Gasteiger partial charge is 0.255 e. The molecule has 5 rings (SSSR count). The molecule has 0 aromatic heterocycles. The first-order chi connectivity index (χ1) is 20.0. The van der Waals surface area contributed by atoms with Crippen molar-refractivity contribution < 1.29 is 24.2 Å². The summed E-state index contributed by atoms with van der Waals surface area (Å²) in [5, 5.41) is 15.2. The van der Waals surface area contributed by atoms with Crippen LogP contribution < -0.4 is 10.6 Å². The molecular weight excluding hydrogens is 536 g/mol. The largest absolute Gasteiger partial charge is 0.392 e. The minimum atomic E-state index is -0.632. The van der Waals surface area contributed by atoms with Crippen molar-refractivity contribution in [1.29, 1.82) is 0 Å². The topological polar surface area (TPSA) is 96.9 Å². The Morgan fingerprint density at radius 3 is 2.29 bits per heavy atom. The Morgan fingerprint density at radius 1 is 0.829 bits per heavy atom. The van der Waals surface area contributed by atoms with Crippen molar-refractivity contribution in [2.45, 2.75) is 43.3 Å². The number of benzene rings is 4. The van der Waals surface area contributed by atoms with Gasteiger partial charge in [0, 0.05) is 46.5 Å². The Bertz CT molecular complexity index is 1460. The number of carbonyl (C=O) groups is 2. The molecular formula is C33H32N2O5S. The maximum atomic E-state index is 12.7. The molecule has 1 saturated heterocycles. The number of thioether (sulfide) groups is 1. The van der Waals surface area contributed by atoms with E-state index in [1.807, 2.05) is 91.0 Å². The predicted molar refractivity (Wildman–Crippen MR) is 161 cm³/mol. The first-order valence-electron chi connectivity index (χ1n) is 13.4. The minimum Gasteiger partial charge on any atom is -0.392 e. The quantitative estimate of drug-likeness (QED) is 0.194. The van der Waals surface area contributed by atoms with Crippen LogP contribution in [0.1, 0.15) is 52.8 Å². The molecule has 4 aromatic rings. The summed E-state index contributed by atoms with van der Waals surface area (Å²) in [4.78, 5) is 25.1. The molecule has 3 N–H and O–H groups in total. The van der Waals surface area contributed by atoms with Crippen LogP contribution in [0.15, 0.2) is 108 Å². The Morgan fingerprint density at radius 2 is 1.59 bits per heavy atom. The van der Waals surface area contributed by atoms with Crippen LogP contribution in [0.4, 0.5) is 11.4 Å². The van der Waals surface area contributed by atoms with Gasteiger partial charge in [0.1, 0.15) is 0 Å². The zero-order valence-corrected chi connectivity index (χ0v) is 23.5. The van der Waals surface area contributed by atoms with Crippen LogP contribution in [0.2, 0.25) is 0 Å². The van der Waals surface area contributed by atoms with Crippen molar-refractivity contribution in [3.05, 3.63) is 125 Å². The van der Waals surface area contributed by atoms with E-state index < -0.39 is 6.29 Å². The zero-order chi connectivity index (χ0) is 28.6. The van der Waals surface area contributed by atoms with Gasteiger partial charge in [0.25, 0.3) is 5.91 Å². The minimum absolute atomic E-state index is 0.0149. The molecule has 1 fully saturated rings. The van der Waals surface area contributed by atoms with E-state index >= 15 is 0 Å². The second-order valence-corrected chi connectivity index (χ2v) is 10.9. The van der Waals surface area contributed by atoms with Gasteiger partial charge in [0.05, 0.1) is 18.8 Å². The molecule has 210 valence electrons. The molecule has 2 amide bonds. The molecule has 8 heteroatoms. The van der Waals surface area contributed by atoms with Crippen LogP contribution in [0.3, 0.4) is 0 Å². The van der Waals surface area contributed by atoms with Gasteiger partial charge in [-0.2, -0.15) is 0 Å². The van der Waals surface area contributed by atoms with E-state index in [1.165, 1.54) is 6.92 Å². The molecule has 0 bridgehead atoms. The van der Waals surface area contributed by atoms with Gasteiger partial charge in [0.2, 0.25) is 5.91 Å². The fourth-order valence-corrected chi connectivity index (χ4v) is 5.53. The standard InChI is InChI=1S/C33H32N2O5S/c1-22(37)34-27-14-16-30(17-15-27)41-21-29-19-31(24-12-10-23(20-36)11-13-24)40-33(39-29)26-8-5-9-28(18-26)35-32(38)25-6-3-2-4-7-25/h2-18,29,31,33,36H,19-21H2,1H3,(H,34,37)(H,35,38)/t29-,31+,33+/m0/s1. The van der Waals surface area contributed by atoms with Crippen molar-refractivity contribution in [3.8, 4) is 0 Å². The molecule has 41 heavy (non-hydrogen) atoms. The summed E-state index contributed by atoms with van der Waals surface area (Å²) < 4.78 is 12.9. The van der Waals surface area contributed by atoms with E-state index in [9.17, 15) is 14.7 Å². The van der Waals surface area contributed by atoms with E-state index in [0.717, 1.165) is 27.3 Å². The number of aliphatic hydroxyl groups excluding tert-OH is 1. The van der Waals surface area contributed by atoms with Gasteiger partial charge in [-0.05, 0) is 59.7 Å². The van der Waals surface area contributed by atoms with Crippen LogP contribution in [0.5, 0.6) is 0 Å². The highest BCUT2D eigenvalue weighted by atomic mass is 32.2. The predicted octanol–water partition coefficient (Wildman–Crippen LogP) is 6.73. The lowest BCUT2D eigenvalue weighted by Gasteiger charge is -2.36. The lowest BCUT2D eigenvalue weighted by atomic mass is 10.0. The van der Waals surface area contributed by atoms with E-state index in [-0.39, 0.29) is 30.6 Å². The van der Waals surface area contributed by atoms with Crippen molar-refractivity contribution in [3.63, 3.8) is 0 Å². The van der Waals surface area contributed by atoms with E-state index in [0.29, 0.717) is 23.4 Å². The maximum absolute atomic E-state index is 12.7. The Kier molecular flexibility index (Phi) is 9.48. The Hall–Kier alpha value is -3.95. The average Bonchev–Trinajstić information content (AvgIpc) is 3.01. The second kappa shape index (κ2) is 13.6. The van der Waals surface area contributed by atoms with Gasteiger partial charge in [0.15, 0.2) is 6.29 Å². The fraction of sp³-hybridized carbons (Fsp3) is 0.212. The number of amides is 2. The van der Waals surface area contributed by atoms with Crippen molar-refractivity contribution in [1.82, 2.24) is 0 Å². The lowest BCUT2D eigenvalue weighted by Crippen LogP contribution is -2.31. The third kappa shape index (κ3) is 7.83. The second-order valence-electron chi connectivity index (χ2n) is 9.81. The third-order valence-electron chi connectivity index (χ3n) is 6.68. The normalized spacial score (nSPS) is 18.4. The van der Waals surface area contributed by atoms with Gasteiger partial charge in [-0.1, -0.05) is 54.6 Å². The molecule has 7 nitrogen and oxygen atoms in total. The first kappa shape index (κ1) is 28.6. The molecule has 0 spiro atoms. The Labute approximate surface area is 243 Å². The summed E-state index contributed by atoms with van der Waals surface area (Å²) in [6.45, 7) is 1.47. The third-order valence-corrected chi connectivity index (χ3v) is 7.82. The van der Waals surface area contributed by atoms with E-state index in [1.54, 1.807) is 23.9 Å². The zero-order valence-electron chi connectivity index (χ0n) is 22.7. The highest BCUT2D eigenvalue weighted by molar-refractivity contribution is 7.99. The lowest BCUT2D eigenvalue weighted by molar-refractivity contribution is -0.245. The maximum Gasteiger partial charge on any atom is 0.255 e. The fourth-order valence-electron chi connectivity index (χ4n) is 4.61. The molecule has 0 aliphatic carbocycles. The molecule has 4 aromatic carbocycles. The molecule has 1 aliphatic heterocycles. The summed E-state index contributed by atoms with van der Waals surface area (Å²) >= 11 is 1.68. The SMILES string of the molecule is CC(=O)Nc1ccc(SC[C@@H]2C[C@H](c3ccc(CO)cc3)O[C@H](c3cccc(NC(=O)c4ccccc4)c3)O2)cc1.